The first-order valence-corrected chi connectivity index (χ1v) is 6.25. The largest absolute Gasteiger partial charge is 0.396 e. The van der Waals surface area contributed by atoms with Gasteiger partial charge in [0, 0.05) is 17.9 Å². The molecule has 1 aliphatic rings. The number of ketones is 1. The van der Waals surface area contributed by atoms with E-state index >= 15 is 0 Å². The number of Topliss-reactive ketones (excluding diaryl/α,β-unsaturated/α-hetero) is 1. The van der Waals surface area contributed by atoms with E-state index in [1.807, 2.05) is 0 Å². The number of nitrogens with zero attached hydrogens (tertiary/aromatic N) is 1. The topological polar surface area (TPSA) is 66.8 Å². The van der Waals surface area contributed by atoms with Crippen LogP contribution in [-0.2, 0) is 9.53 Å². The van der Waals surface area contributed by atoms with Crippen molar-refractivity contribution < 1.29 is 19.4 Å². The lowest BCUT2D eigenvalue weighted by molar-refractivity contribution is -0.129. The van der Waals surface area contributed by atoms with Crippen LogP contribution in [0, 0.1) is 0 Å². The molecule has 1 aromatic carbocycles. The smallest absolute Gasteiger partial charge is 0.253 e. The Kier molecular flexibility index (Phi) is 4.29. The third-order valence-corrected chi connectivity index (χ3v) is 3.15. The molecule has 0 spiro atoms. The minimum atomic E-state index is -0.163. The summed E-state index contributed by atoms with van der Waals surface area (Å²) in [6.45, 7) is 1.94. The van der Waals surface area contributed by atoms with Gasteiger partial charge in [0.15, 0.2) is 5.78 Å². The fourth-order valence-corrected chi connectivity index (χ4v) is 2.09. The van der Waals surface area contributed by atoms with Crippen molar-refractivity contribution in [1.82, 2.24) is 0 Å². The molecule has 1 aromatic rings. The molecule has 102 valence electrons. The summed E-state index contributed by atoms with van der Waals surface area (Å²) in [4.78, 5) is 24.9. The highest BCUT2D eigenvalue weighted by atomic mass is 16.5. The lowest BCUT2D eigenvalue weighted by atomic mass is 10.1. The average Bonchev–Trinajstić information content (AvgIpc) is 2.41. The van der Waals surface area contributed by atoms with E-state index in [1.54, 1.807) is 29.2 Å². The summed E-state index contributed by atoms with van der Waals surface area (Å²) >= 11 is 0. The van der Waals surface area contributed by atoms with Crippen molar-refractivity contribution >= 4 is 17.4 Å². The van der Waals surface area contributed by atoms with Crippen LogP contribution in [-0.4, -0.2) is 42.7 Å². The Morgan fingerprint density at radius 3 is 3.00 bits per heavy atom. The molecule has 1 heterocycles. The zero-order valence-corrected chi connectivity index (χ0v) is 10.8. The molecule has 5 heteroatoms. The van der Waals surface area contributed by atoms with Gasteiger partial charge in [0.05, 0.1) is 12.6 Å². The first-order chi connectivity index (χ1) is 9.11. The average molecular weight is 263 g/mol. The molecule has 1 saturated heterocycles. The summed E-state index contributed by atoms with van der Waals surface area (Å²) in [5.41, 5.74) is 1.28. The van der Waals surface area contributed by atoms with Gasteiger partial charge < -0.3 is 14.7 Å². The first-order valence-electron chi connectivity index (χ1n) is 6.25. The van der Waals surface area contributed by atoms with E-state index < -0.39 is 0 Å². The van der Waals surface area contributed by atoms with Crippen LogP contribution in [0.15, 0.2) is 24.3 Å². The summed E-state index contributed by atoms with van der Waals surface area (Å²) in [5, 5.41) is 8.93. The molecule has 0 saturated carbocycles. The second kappa shape index (κ2) is 5.95. The van der Waals surface area contributed by atoms with Crippen LogP contribution < -0.4 is 4.90 Å². The molecule has 2 rings (SSSR count). The van der Waals surface area contributed by atoms with Gasteiger partial charge in [0.25, 0.3) is 5.91 Å². The number of anilines is 1. The molecule has 0 radical (unpaired) electrons. The minimum absolute atomic E-state index is 0.00889. The van der Waals surface area contributed by atoms with Crippen molar-refractivity contribution in [3.63, 3.8) is 0 Å². The van der Waals surface area contributed by atoms with E-state index in [2.05, 4.69) is 0 Å². The number of morpholine rings is 1. The molecule has 1 aliphatic heterocycles. The third-order valence-electron chi connectivity index (χ3n) is 3.15. The van der Waals surface area contributed by atoms with Crippen LogP contribution in [0.4, 0.5) is 5.69 Å². The summed E-state index contributed by atoms with van der Waals surface area (Å²) in [5.74, 6) is -0.163. The highest BCUT2D eigenvalue weighted by Crippen LogP contribution is 2.21. The van der Waals surface area contributed by atoms with E-state index in [0.29, 0.717) is 24.2 Å². The van der Waals surface area contributed by atoms with Crippen molar-refractivity contribution in [3.8, 4) is 0 Å². The summed E-state index contributed by atoms with van der Waals surface area (Å²) < 4.78 is 5.34. The van der Waals surface area contributed by atoms with E-state index in [4.69, 9.17) is 9.84 Å². The minimum Gasteiger partial charge on any atom is -0.396 e. The van der Waals surface area contributed by atoms with Crippen molar-refractivity contribution in [1.29, 1.82) is 0 Å². The van der Waals surface area contributed by atoms with Gasteiger partial charge >= 0.3 is 0 Å². The molecule has 19 heavy (non-hydrogen) atoms. The lowest BCUT2D eigenvalue weighted by Gasteiger charge is -2.32. The first kappa shape index (κ1) is 13.7. The standard InChI is InChI=1S/C14H17NO4/c1-10(17)11-3-2-4-12(7-11)15-8-13(5-6-16)19-9-14(15)18/h2-4,7,13,16H,5-6,8-9H2,1H3. The van der Waals surface area contributed by atoms with Gasteiger partial charge in [0.1, 0.15) is 6.61 Å². The fourth-order valence-electron chi connectivity index (χ4n) is 2.09. The van der Waals surface area contributed by atoms with Gasteiger partial charge in [-0.3, -0.25) is 9.59 Å². The van der Waals surface area contributed by atoms with Gasteiger partial charge in [-0.15, -0.1) is 0 Å². The normalized spacial score (nSPS) is 19.6. The van der Waals surface area contributed by atoms with Gasteiger partial charge in [-0.1, -0.05) is 12.1 Å². The molecule has 1 amide bonds. The predicted molar refractivity (Wildman–Crippen MR) is 70.2 cm³/mol. The van der Waals surface area contributed by atoms with E-state index in [1.165, 1.54) is 6.92 Å². The van der Waals surface area contributed by atoms with Gasteiger partial charge in [-0.05, 0) is 25.5 Å². The fraction of sp³-hybridized carbons (Fsp3) is 0.429. The number of ether oxygens (including phenoxy) is 1. The van der Waals surface area contributed by atoms with Crippen LogP contribution in [0.5, 0.6) is 0 Å². The number of hydrogen-bond donors (Lipinski definition) is 1. The number of aliphatic hydroxyl groups is 1. The van der Waals surface area contributed by atoms with Gasteiger partial charge in [0.2, 0.25) is 0 Å². The van der Waals surface area contributed by atoms with E-state index in [0.717, 1.165) is 0 Å². The number of carbonyl (C=O) groups is 2. The Labute approximate surface area is 111 Å². The molecule has 1 fully saturated rings. The molecule has 0 aliphatic carbocycles. The maximum atomic E-state index is 11.9. The van der Waals surface area contributed by atoms with E-state index in [9.17, 15) is 9.59 Å². The van der Waals surface area contributed by atoms with Gasteiger partial charge in [-0.2, -0.15) is 0 Å². The molecule has 5 nitrogen and oxygen atoms in total. The number of hydrogen-bond acceptors (Lipinski definition) is 4. The predicted octanol–water partition coefficient (Wildman–Crippen LogP) is 1.00. The summed E-state index contributed by atoms with van der Waals surface area (Å²) in [7, 11) is 0. The second-order valence-electron chi connectivity index (χ2n) is 4.56. The van der Waals surface area contributed by atoms with E-state index in [-0.39, 0.29) is 31.0 Å². The number of amides is 1. The molecule has 1 N–H and O–H groups in total. The SMILES string of the molecule is CC(=O)c1cccc(N2CC(CCO)OCC2=O)c1. The third kappa shape index (κ3) is 3.19. The number of rotatable bonds is 4. The molecular weight excluding hydrogens is 246 g/mol. The summed E-state index contributed by atoms with van der Waals surface area (Å²) in [6.07, 6.45) is 0.333. The van der Waals surface area contributed by atoms with Crippen LogP contribution in [0.1, 0.15) is 23.7 Å². The Morgan fingerprint density at radius 1 is 1.53 bits per heavy atom. The number of aliphatic hydroxyl groups excluding tert-OH is 1. The van der Waals surface area contributed by atoms with Crippen LogP contribution in [0.25, 0.3) is 0 Å². The highest BCUT2D eigenvalue weighted by molar-refractivity contribution is 5.98. The Hall–Kier alpha value is -1.72. The molecular formula is C14H17NO4. The summed E-state index contributed by atoms with van der Waals surface area (Å²) in [6, 6.07) is 6.99. The molecule has 1 atom stereocenters. The van der Waals surface area contributed by atoms with Crippen LogP contribution >= 0.6 is 0 Å². The van der Waals surface area contributed by atoms with Gasteiger partial charge in [-0.25, -0.2) is 0 Å². The molecule has 0 bridgehead atoms. The Balaban J connectivity index is 2.21. The number of carbonyl (C=O) groups excluding carboxylic acids is 2. The lowest BCUT2D eigenvalue weighted by Crippen LogP contribution is -2.47. The van der Waals surface area contributed by atoms with Crippen molar-refractivity contribution in [2.75, 3.05) is 24.7 Å². The quantitative estimate of drug-likeness (QED) is 0.823. The van der Waals surface area contributed by atoms with Crippen molar-refractivity contribution in [2.24, 2.45) is 0 Å². The van der Waals surface area contributed by atoms with Crippen LogP contribution in [0.3, 0.4) is 0 Å². The van der Waals surface area contributed by atoms with Crippen molar-refractivity contribution in [3.05, 3.63) is 29.8 Å². The van der Waals surface area contributed by atoms with Crippen molar-refractivity contribution in [2.45, 2.75) is 19.4 Å². The molecule has 0 aromatic heterocycles. The maximum absolute atomic E-state index is 11.9. The van der Waals surface area contributed by atoms with Crippen LogP contribution in [0.2, 0.25) is 0 Å². The Morgan fingerprint density at radius 2 is 2.32 bits per heavy atom. The molecule has 1 unspecified atom stereocenters. The second-order valence-corrected chi connectivity index (χ2v) is 4.56. The Bertz CT molecular complexity index is 486. The zero-order valence-electron chi connectivity index (χ0n) is 10.8. The number of benzene rings is 1. The zero-order chi connectivity index (χ0) is 13.8. The highest BCUT2D eigenvalue weighted by Gasteiger charge is 2.27. The maximum Gasteiger partial charge on any atom is 0.253 e. The monoisotopic (exact) mass is 263 g/mol.